The average molecular weight is 302 g/mol. The summed E-state index contributed by atoms with van der Waals surface area (Å²) in [4.78, 5) is -0.702. The summed E-state index contributed by atoms with van der Waals surface area (Å²) < 4.78 is 53.0. The molecule has 1 atom stereocenters. The van der Waals surface area contributed by atoms with E-state index < -0.39 is 38.3 Å². The minimum atomic E-state index is -4.17. The van der Waals surface area contributed by atoms with Gasteiger partial charge in [-0.2, -0.15) is 5.10 Å². The van der Waals surface area contributed by atoms with Crippen LogP contribution >= 0.6 is 0 Å². The van der Waals surface area contributed by atoms with Gasteiger partial charge >= 0.3 is 0 Å². The lowest BCUT2D eigenvalue weighted by atomic mass is 10.2. The smallest absolute Gasteiger partial charge is 0.244 e. The molecule has 0 fully saturated rings. The maximum absolute atomic E-state index is 13.6. The van der Waals surface area contributed by atoms with Gasteiger partial charge in [0.25, 0.3) is 0 Å². The number of nitrogens with one attached hydrogen (secondary N) is 2. The molecule has 0 amide bonds. The number of aromatic amines is 1. The molecule has 0 aliphatic heterocycles. The summed E-state index contributed by atoms with van der Waals surface area (Å²) in [5, 5.41) is 6.22. The Morgan fingerprint density at radius 1 is 1.35 bits per heavy atom. The lowest BCUT2D eigenvalue weighted by molar-refractivity contribution is 0.538. The normalized spacial score (nSPS) is 13.3. The molecule has 4 N–H and O–H groups in total. The van der Waals surface area contributed by atoms with Crippen molar-refractivity contribution in [1.29, 1.82) is 0 Å². The Hall–Kier alpha value is -2.00. The molecule has 6 nitrogen and oxygen atoms in total. The number of nitrogen functional groups attached to an aromatic ring is 1. The van der Waals surface area contributed by atoms with Gasteiger partial charge in [-0.3, -0.25) is 5.10 Å². The predicted molar refractivity (Wildman–Crippen MR) is 68.1 cm³/mol. The van der Waals surface area contributed by atoms with Crippen LogP contribution in [0.4, 0.5) is 14.5 Å². The van der Waals surface area contributed by atoms with Gasteiger partial charge in [-0.15, -0.1) is 0 Å². The van der Waals surface area contributed by atoms with Crippen LogP contribution in [0.1, 0.15) is 18.5 Å². The van der Waals surface area contributed by atoms with E-state index in [4.69, 9.17) is 5.73 Å². The first-order valence-electron chi connectivity index (χ1n) is 5.57. The van der Waals surface area contributed by atoms with Crippen molar-refractivity contribution in [2.45, 2.75) is 17.9 Å². The van der Waals surface area contributed by atoms with Crippen molar-refractivity contribution in [3.8, 4) is 0 Å². The summed E-state index contributed by atoms with van der Waals surface area (Å²) in [5.41, 5.74) is 5.39. The van der Waals surface area contributed by atoms with E-state index in [0.29, 0.717) is 11.6 Å². The second-order valence-corrected chi connectivity index (χ2v) is 5.86. The maximum Gasteiger partial charge on any atom is 0.244 e. The number of aromatic nitrogens is 2. The van der Waals surface area contributed by atoms with Crippen LogP contribution in [0, 0.1) is 11.6 Å². The van der Waals surface area contributed by atoms with Crippen LogP contribution in [-0.4, -0.2) is 18.6 Å². The van der Waals surface area contributed by atoms with Crippen LogP contribution in [0.3, 0.4) is 0 Å². The molecule has 1 unspecified atom stereocenters. The Bertz CT molecular complexity index is 716. The molecular formula is C11H12F2N4O2S. The summed E-state index contributed by atoms with van der Waals surface area (Å²) >= 11 is 0. The van der Waals surface area contributed by atoms with Gasteiger partial charge in [0, 0.05) is 23.9 Å². The zero-order valence-electron chi connectivity index (χ0n) is 10.4. The fraction of sp³-hybridized carbons (Fsp3) is 0.182. The molecule has 0 saturated heterocycles. The number of benzene rings is 1. The van der Waals surface area contributed by atoms with Gasteiger partial charge in [0.15, 0.2) is 0 Å². The van der Waals surface area contributed by atoms with Gasteiger partial charge in [0.05, 0.1) is 11.9 Å². The zero-order valence-corrected chi connectivity index (χ0v) is 11.2. The molecule has 0 bridgehead atoms. The number of anilines is 1. The Morgan fingerprint density at radius 3 is 2.65 bits per heavy atom. The quantitative estimate of drug-likeness (QED) is 0.741. The van der Waals surface area contributed by atoms with Crippen LogP contribution in [-0.2, 0) is 10.0 Å². The molecule has 1 aromatic heterocycles. The fourth-order valence-electron chi connectivity index (χ4n) is 1.61. The summed E-state index contributed by atoms with van der Waals surface area (Å²) in [6, 6.07) is 0.547. The van der Waals surface area contributed by atoms with Gasteiger partial charge < -0.3 is 5.73 Å². The summed E-state index contributed by atoms with van der Waals surface area (Å²) in [7, 11) is -4.17. The van der Waals surface area contributed by atoms with Crippen molar-refractivity contribution < 1.29 is 17.2 Å². The molecule has 2 aromatic rings. The number of H-pyrrole nitrogens is 1. The Morgan fingerprint density at radius 2 is 2.05 bits per heavy atom. The van der Waals surface area contributed by atoms with Crippen LogP contribution in [0.15, 0.2) is 29.4 Å². The molecule has 108 valence electrons. The SMILES string of the molecule is CC(NS(=O)(=O)c1cc(N)c(F)cc1F)c1cn[nH]c1. The van der Waals surface area contributed by atoms with Crippen molar-refractivity contribution in [1.82, 2.24) is 14.9 Å². The van der Waals surface area contributed by atoms with E-state index >= 15 is 0 Å². The number of nitrogens with two attached hydrogens (primary N) is 1. The molecular weight excluding hydrogens is 290 g/mol. The summed E-state index contributed by atoms with van der Waals surface area (Å²) in [6.45, 7) is 1.56. The number of rotatable bonds is 4. The van der Waals surface area contributed by atoms with Crippen molar-refractivity contribution in [2.24, 2.45) is 0 Å². The van der Waals surface area contributed by atoms with Crippen LogP contribution in [0.25, 0.3) is 0 Å². The third-order valence-corrected chi connectivity index (χ3v) is 4.25. The Labute approximate surface area is 114 Å². The number of sulfonamides is 1. The second kappa shape index (κ2) is 5.17. The van der Waals surface area contributed by atoms with Gasteiger partial charge in [0.1, 0.15) is 16.5 Å². The highest BCUT2D eigenvalue weighted by Crippen LogP contribution is 2.22. The van der Waals surface area contributed by atoms with Crippen LogP contribution < -0.4 is 10.5 Å². The first-order chi connectivity index (χ1) is 9.31. The minimum absolute atomic E-state index is 0.437. The second-order valence-electron chi connectivity index (χ2n) is 4.18. The van der Waals surface area contributed by atoms with Gasteiger partial charge in [0.2, 0.25) is 10.0 Å². The predicted octanol–water partition coefficient (Wildman–Crippen LogP) is 1.31. The number of nitrogens with zero attached hydrogens (tertiary/aromatic N) is 1. The van der Waals surface area contributed by atoms with E-state index in [1.54, 1.807) is 6.92 Å². The van der Waals surface area contributed by atoms with Gasteiger partial charge in [-0.1, -0.05) is 0 Å². The van der Waals surface area contributed by atoms with E-state index in [2.05, 4.69) is 14.9 Å². The monoisotopic (exact) mass is 302 g/mol. The standard InChI is InChI=1S/C11H12F2N4O2S/c1-6(7-4-15-16-5-7)17-20(18,19)11-3-10(14)8(12)2-9(11)13/h2-6,17H,14H2,1H3,(H,15,16). The third-order valence-electron chi connectivity index (χ3n) is 2.69. The number of hydrogen-bond donors (Lipinski definition) is 3. The Kier molecular flexibility index (Phi) is 3.73. The molecule has 2 rings (SSSR count). The van der Waals surface area contributed by atoms with Crippen molar-refractivity contribution in [3.63, 3.8) is 0 Å². The van der Waals surface area contributed by atoms with Crippen molar-refractivity contribution in [3.05, 3.63) is 41.7 Å². The molecule has 20 heavy (non-hydrogen) atoms. The topological polar surface area (TPSA) is 101 Å². The van der Waals surface area contributed by atoms with E-state index in [9.17, 15) is 17.2 Å². The summed E-state index contributed by atoms with van der Waals surface area (Å²) in [5.74, 6) is -2.21. The van der Waals surface area contributed by atoms with E-state index in [1.807, 2.05) is 0 Å². The van der Waals surface area contributed by atoms with E-state index in [1.165, 1.54) is 12.4 Å². The maximum atomic E-state index is 13.6. The molecule has 1 aromatic carbocycles. The fourth-order valence-corrected chi connectivity index (χ4v) is 2.94. The highest BCUT2D eigenvalue weighted by Gasteiger charge is 2.24. The van der Waals surface area contributed by atoms with Crippen LogP contribution in [0.2, 0.25) is 0 Å². The van der Waals surface area contributed by atoms with Crippen molar-refractivity contribution in [2.75, 3.05) is 5.73 Å². The minimum Gasteiger partial charge on any atom is -0.396 e. The van der Waals surface area contributed by atoms with Crippen molar-refractivity contribution >= 4 is 15.7 Å². The highest BCUT2D eigenvalue weighted by atomic mass is 32.2. The number of hydrogen-bond acceptors (Lipinski definition) is 4. The molecule has 0 radical (unpaired) electrons. The molecule has 0 aliphatic carbocycles. The van der Waals surface area contributed by atoms with E-state index in [-0.39, 0.29) is 0 Å². The van der Waals surface area contributed by atoms with Crippen LogP contribution in [0.5, 0.6) is 0 Å². The molecule has 0 spiro atoms. The Balaban J connectivity index is 2.34. The highest BCUT2D eigenvalue weighted by molar-refractivity contribution is 7.89. The van der Waals surface area contributed by atoms with Gasteiger partial charge in [-0.25, -0.2) is 21.9 Å². The lowest BCUT2D eigenvalue weighted by Gasteiger charge is -2.13. The molecule has 9 heteroatoms. The first-order valence-corrected chi connectivity index (χ1v) is 7.05. The zero-order chi connectivity index (χ0) is 14.9. The van der Waals surface area contributed by atoms with Gasteiger partial charge in [-0.05, 0) is 13.0 Å². The molecule has 1 heterocycles. The average Bonchev–Trinajstić information content (AvgIpc) is 2.86. The number of halogens is 2. The van der Waals surface area contributed by atoms with E-state index in [0.717, 1.165) is 6.07 Å². The largest absolute Gasteiger partial charge is 0.396 e. The summed E-state index contributed by atoms with van der Waals surface area (Å²) in [6.07, 6.45) is 2.94. The molecule has 0 aliphatic rings. The lowest BCUT2D eigenvalue weighted by Crippen LogP contribution is -2.27. The third kappa shape index (κ3) is 2.78. The first kappa shape index (κ1) is 14.4. The molecule has 0 saturated carbocycles.